The van der Waals surface area contributed by atoms with Gasteiger partial charge in [0, 0.05) is 26.8 Å². The van der Waals surface area contributed by atoms with Gasteiger partial charge in [0.1, 0.15) is 0 Å². The molecule has 0 spiro atoms. The normalized spacial score (nSPS) is 29.8. The van der Waals surface area contributed by atoms with E-state index in [-0.39, 0.29) is 5.60 Å². The molecular weight excluding hydrogens is 190 g/mol. The fraction of sp³-hybridized carbons (Fsp3) is 1.00. The largest absolute Gasteiger partial charge is 0.377 e. The maximum atomic E-state index is 5.67. The summed E-state index contributed by atoms with van der Waals surface area (Å²) in [5.41, 5.74) is 0.147. The van der Waals surface area contributed by atoms with Crippen molar-refractivity contribution >= 4 is 0 Å². The summed E-state index contributed by atoms with van der Waals surface area (Å²) in [5, 5.41) is 3.50. The number of ether oxygens (including phenoxy) is 2. The Morgan fingerprint density at radius 1 is 1.33 bits per heavy atom. The van der Waals surface area contributed by atoms with Crippen LogP contribution in [0.3, 0.4) is 0 Å². The quantitative estimate of drug-likeness (QED) is 0.754. The maximum Gasteiger partial charge on any atom is 0.0802 e. The summed E-state index contributed by atoms with van der Waals surface area (Å²) in [6.07, 6.45) is 7.94. The van der Waals surface area contributed by atoms with E-state index in [1.54, 1.807) is 0 Å². The first-order valence-corrected chi connectivity index (χ1v) is 6.22. The average molecular weight is 213 g/mol. The van der Waals surface area contributed by atoms with E-state index in [0.717, 1.165) is 19.7 Å². The van der Waals surface area contributed by atoms with Crippen LogP contribution in [0.15, 0.2) is 0 Å². The lowest BCUT2D eigenvalue weighted by atomic mass is 9.80. The molecule has 2 fully saturated rings. The van der Waals surface area contributed by atoms with Crippen LogP contribution >= 0.6 is 0 Å². The second-order valence-corrected chi connectivity index (χ2v) is 4.86. The van der Waals surface area contributed by atoms with Crippen LogP contribution in [0.1, 0.15) is 38.5 Å². The standard InChI is InChI=1S/C12H23NO2/c1-14-12(6-4-7-12)10-13-9-11-5-2-3-8-15-11/h11,13H,2-10H2,1H3. The first kappa shape index (κ1) is 11.4. The predicted molar refractivity (Wildman–Crippen MR) is 60.1 cm³/mol. The Morgan fingerprint density at radius 3 is 2.73 bits per heavy atom. The second-order valence-electron chi connectivity index (χ2n) is 4.86. The molecular formula is C12H23NO2. The van der Waals surface area contributed by atoms with E-state index < -0.39 is 0 Å². The van der Waals surface area contributed by atoms with Gasteiger partial charge < -0.3 is 14.8 Å². The topological polar surface area (TPSA) is 30.5 Å². The van der Waals surface area contributed by atoms with E-state index in [1.165, 1.54) is 38.5 Å². The fourth-order valence-electron chi connectivity index (χ4n) is 2.45. The molecule has 1 saturated carbocycles. The molecule has 3 nitrogen and oxygen atoms in total. The van der Waals surface area contributed by atoms with E-state index in [0.29, 0.717) is 6.10 Å². The van der Waals surface area contributed by atoms with Gasteiger partial charge in [0.05, 0.1) is 11.7 Å². The minimum absolute atomic E-state index is 0.147. The number of nitrogens with one attached hydrogen (secondary N) is 1. The number of rotatable bonds is 5. The first-order chi connectivity index (χ1) is 7.35. The first-order valence-electron chi connectivity index (χ1n) is 6.22. The molecule has 1 heterocycles. The fourth-order valence-corrected chi connectivity index (χ4v) is 2.45. The highest BCUT2D eigenvalue weighted by atomic mass is 16.5. The Kier molecular flexibility index (Phi) is 4.00. The minimum Gasteiger partial charge on any atom is -0.377 e. The molecule has 88 valence electrons. The molecule has 1 unspecified atom stereocenters. The Bertz CT molecular complexity index is 181. The third kappa shape index (κ3) is 2.92. The van der Waals surface area contributed by atoms with Crippen LogP contribution in [0.4, 0.5) is 0 Å². The zero-order chi connectivity index (χ0) is 10.6. The van der Waals surface area contributed by atoms with Gasteiger partial charge >= 0.3 is 0 Å². The van der Waals surface area contributed by atoms with Crippen LogP contribution in [0.2, 0.25) is 0 Å². The van der Waals surface area contributed by atoms with Gasteiger partial charge in [0.25, 0.3) is 0 Å². The van der Waals surface area contributed by atoms with Crippen molar-refractivity contribution in [1.82, 2.24) is 5.32 Å². The summed E-state index contributed by atoms with van der Waals surface area (Å²) in [7, 11) is 1.83. The summed E-state index contributed by atoms with van der Waals surface area (Å²) in [4.78, 5) is 0. The summed E-state index contributed by atoms with van der Waals surface area (Å²) < 4.78 is 11.2. The van der Waals surface area contributed by atoms with Gasteiger partial charge in [0.15, 0.2) is 0 Å². The molecule has 1 saturated heterocycles. The van der Waals surface area contributed by atoms with Gasteiger partial charge in [-0.05, 0) is 38.5 Å². The monoisotopic (exact) mass is 213 g/mol. The van der Waals surface area contributed by atoms with Gasteiger partial charge in [-0.15, -0.1) is 0 Å². The molecule has 0 radical (unpaired) electrons. The Labute approximate surface area is 92.5 Å². The van der Waals surface area contributed by atoms with Crippen molar-refractivity contribution in [3.63, 3.8) is 0 Å². The minimum atomic E-state index is 0.147. The lowest BCUT2D eigenvalue weighted by molar-refractivity contribution is -0.0721. The third-order valence-corrected chi connectivity index (χ3v) is 3.79. The number of methoxy groups -OCH3 is 1. The van der Waals surface area contributed by atoms with Crippen molar-refractivity contribution in [1.29, 1.82) is 0 Å². The van der Waals surface area contributed by atoms with E-state index in [4.69, 9.17) is 9.47 Å². The summed E-state index contributed by atoms with van der Waals surface area (Å²) >= 11 is 0. The second kappa shape index (κ2) is 5.28. The molecule has 1 aliphatic heterocycles. The molecule has 1 atom stereocenters. The van der Waals surface area contributed by atoms with Gasteiger partial charge in [-0.1, -0.05) is 0 Å². The molecule has 0 aromatic rings. The zero-order valence-corrected chi connectivity index (χ0v) is 9.76. The van der Waals surface area contributed by atoms with Gasteiger partial charge in [-0.3, -0.25) is 0 Å². The lowest BCUT2D eigenvalue weighted by Crippen LogP contribution is -2.49. The van der Waals surface area contributed by atoms with Crippen molar-refractivity contribution in [2.45, 2.75) is 50.2 Å². The van der Waals surface area contributed by atoms with Gasteiger partial charge in [-0.25, -0.2) is 0 Å². The molecule has 0 aromatic carbocycles. The summed E-state index contributed by atoms with van der Waals surface area (Å²) in [6, 6.07) is 0. The summed E-state index contributed by atoms with van der Waals surface area (Å²) in [6.45, 7) is 2.93. The highest BCUT2D eigenvalue weighted by molar-refractivity contribution is 4.91. The lowest BCUT2D eigenvalue weighted by Gasteiger charge is -2.41. The maximum absolute atomic E-state index is 5.67. The summed E-state index contributed by atoms with van der Waals surface area (Å²) in [5.74, 6) is 0. The van der Waals surface area contributed by atoms with E-state index in [2.05, 4.69) is 5.32 Å². The smallest absolute Gasteiger partial charge is 0.0802 e. The highest BCUT2D eigenvalue weighted by Crippen LogP contribution is 2.34. The van der Waals surface area contributed by atoms with Crippen molar-refractivity contribution < 1.29 is 9.47 Å². The molecule has 2 rings (SSSR count). The van der Waals surface area contributed by atoms with Crippen LogP contribution in [-0.4, -0.2) is 38.5 Å². The Hall–Kier alpha value is -0.120. The molecule has 0 bridgehead atoms. The zero-order valence-electron chi connectivity index (χ0n) is 9.76. The van der Waals surface area contributed by atoms with Crippen molar-refractivity contribution in [2.24, 2.45) is 0 Å². The Morgan fingerprint density at radius 2 is 2.20 bits per heavy atom. The van der Waals surface area contributed by atoms with E-state index >= 15 is 0 Å². The van der Waals surface area contributed by atoms with Crippen molar-refractivity contribution in [2.75, 3.05) is 26.8 Å². The van der Waals surface area contributed by atoms with Crippen LogP contribution in [0.5, 0.6) is 0 Å². The van der Waals surface area contributed by atoms with Crippen LogP contribution in [0.25, 0.3) is 0 Å². The van der Waals surface area contributed by atoms with Gasteiger partial charge in [0.2, 0.25) is 0 Å². The Balaban J connectivity index is 1.61. The molecule has 1 N–H and O–H groups in total. The number of hydrogen-bond acceptors (Lipinski definition) is 3. The average Bonchev–Trinajstić information content (AvgIpc) is 2.24. The highest BCUT2D eigenvalue weighted by Gasteiger charge is 2.36. The molecule has 2 aliphatic rings. The van der Waals surface area contributed by atoms with Gasteiger partial charge in [-0.2, -0.15) is 0 Å². The molecule has 3 heteroatoms. The van der Waals surface area contributed by atoms with E-state index in [1.807, 2.05) is 7.11 Å². The molecule has 0 aromatic heterocycles. The van der Waals surface area contributed by atoms with Crippen molar-refractivity contribution in [3.05, 3.63) is 0 Å². The van der Waals surface area contributed by atoms with Crippen molar-refractivity contribution in [3.8, 4) is 0 Å². The van der Waals surface area contributed by atoms with Crippen LogP contribution in [0, 0.1) is 0 Å². The predicted octanol–water partition coefficient (Wildman–Crippen LogP) is 1.71. The number of hydrogen-bond donors (Lipinski definition) is 1. The van der Waals surface area contributed by atoms with Crippen LogP contribution in [-0.2, 0) is 9.47 Å². The SMILES string of the molecule is COC1(CNCC2CCCCO2)CCC1. The molecule has 15 heavy (non-hydrogen) atoms. The van der Waals surface area contributed by atoms with Crippen LogP contribution < -0.4 is 5.32 Å². The van der Waals surface area contributed by atoms with E-state index in [9.17, 15) is 0 Å². The molecule has 0 amide bonds. The third-order valence-electron chi connectivity index (χ3n) is 3.79. The molecule has 1 aliphatic carbocycles.